The van der Waals surface area contributed by atoms with Crippen molar-refractivity contribution in [2.45, 2.75) is 19.1 Å². The maximum atomic E-state index is 12.9. The van der Waals surface area contributed by atoms with Gasteiger partial charge in [0.15, 0.2) is 11.6 Å². The number of hydrogen-bond acceptors (Lipinski definition) is 1. The molecule has 0 spiro atoms. The van der Waals surface area contributed by atoms with E-state index in [4.69, 9.17) is 5.73 Å². The van der Waals surface area contributed by atoms with E-state index in [9.17, 15) is 8.78 Å². The summed E-state index contributed by atoms with van der Waals surface area (Å²) in [5, 5.41) is 0. The second-order valence-electron chi connectivity index (χ2n) is 4.29. The maximum absolute atomic E-state index is 12.9. The third-order valence-corrected chi connectivity index (χ3v) is 4.69. The van der Waals surface area contributed by atoms with Crippen molar-refractivity contribution in [2.24, 2.45) is 5.73 Å². The quantitative estimate of drug-likeness (QED) is 0.769. The van der Waals surface area contributed by atoms with Gasteiger partial charge in [0.05, 0.1) is 8.07 Å². The van der Waals surface area contributed by atoms with Crippen molar-refractivity contribution < 1.29 is 8.78 Å². The summed E-state index contributed by atoms with van der Waals surface area (Å²) in [5.74, 6) is -1.56. The minimum atomic E-state index is -1.47. The van der Waals surface area contributed by atoms with Crippen LogP contribution in [0.4, 0.5) is 8.78 Å². The molecule has 0 bridgehead atoms. The molecule has 0 aliphatic heterocycles. The number of benzene rings is 1. The fourth-order valence-electron chi connectivity index (χ4n) is 1.27. The van der Waals surface area contributed by atoms with Crippen molar-refractivity contribution in [3.8, 4) is 0 Å². The van der Waals surface area contributed by atoms with Crippen LogP contribution < -0.4 is 5.73 Å². The molecule has 14 heavy (non-hydrogen) atoms. The van der Waals surface area contributed by atoms with Crippen molar-refractivity contribution in [2.75, 3.05) is 6.17 Å². The molecule has 0 saturated heterocycles. The molecule has 0 atom stereocenters. The highest BCUT2D eigenvalue weighted by Gasteiger charge is 2.19. The molecule has 0 fully saturated rings. The average Bonchev–Trinajstić information content (AvgIpc) is 2.11. The van der Waals surface area contributed by atoms with Crippen LogP contribution in [0.25, 0.3) is 0 Å². The van der Waals surface area contributed by atoms with Gasteiger partial charge >= 0.3 is 0 Å². The van der Waals surface area contributed by atoms with Gasteiger partial charge < -0.3 is 5.73 Å². The summed E-state index contributed by atoms with van der Waals surface area (Å²) >= 11 is 0. The van der Waals surface area contributed by atoms with Crippen molar-refractivity contribution in [3.05, 3.63) is 35.4 Å². The average molecular weight is 215 g/mol. The summed E-state index contributed by atoms with van der Waals surface area (Å²) in [6.45, 7) is 4.27. The van der Waals surface area contributed by atoms with Crippen LogP contribution in [0.5, 0.6) is 0 Å². The normalized spacial score (nSPS) is 11.8. The summed E-state index contributed by atoms with van der Waals surface area (Å²) in [6.07, 6.45) is 0.659. The zero-order chi connectivity index (χ0) is 10.8. The Hall–Kier alpha value is -0.743. The minimum Gasteiger partial charge on any atom is -0.333 e. The van der Waals surface area contributed by atoms with E-state index >= 15 is 0 Å². The lowest BCUT2D eigenvalue weighted by Crippen LogP contribution is -2.39. The lowest BCUT2D eigenvalue weighted by Gasteiger charge is -2.19. The van der Waals surface area contributed by atoms with Gasteiger partial charge in [-0.2, -0.15) is 0 Å². The lowest BCUT2D eigenvalue weighted by atomic mass is 10.2. The SMILES string of the molecule is C[Si](C)(CN)Cc1ccc(F)c(F)c1. The number of nitrogens with two attached hydrogens (primary N) is 1. The highest BCUT2D eigenvalue weighted by Crippen LogP contribution is 2.14. The fourth-order valence-corrected chi connectivity index (χ4v) is 2.74. The predicted molar refractivity (Wildman–Crippen MR) is 56.6 cm³/mol. The molecule has 4 heteroatoms. The van der Waals surface area contributed by atoms with Crippen LogP contribution in [0.1, 0.15) is 5.56 Å². The molecular formula is C10H15F2NSi. The smallest absolute Gasteiger partial charge is 0.159 e. The van der Waals surface area contributed by atoms with Gasteiger partial charge in [-0.1, -0.05) is 19.2 Å². The highest BCUT2D eigenvalue weighted by molar-refractivity contribution is 6.77. The molecule has 0 heterocycles. The van der Waals surface area contributed by atoms with Gasteiger partial charge in [-0.25, -0.2) is 8.78 Å². The third-order valence-electron chi connectivity index (χ3n) is 2.22. The summed E-state index contributed by atoms with van der Waals surface area (Å²) in [6, 6.07) is 4.86. The molecular weight excluding hydrogens is 200 g/mol. The maximum Gasteiger partial charge on any atom is 0.159 e. The molecule has 0 amide bonds. The van der Waals surface area contributed by atoms with Crippen molar-refractivity contribution in [1.82, 2.24) is 0 Å². The Morgan fingerprint density at radius 2 is 1.86 bits per heavy atom. The molecule has 0 radical (unpaired) electrons. The number of hydrogen-bond donors (Lipinski definition) is 1. The van der Waals surface area contributed by atoms with E-state index in [2.05, 4.69) is 13.1 Å². The fraction of sp³-hybridized carbons (Fsp3) is 0.400. The van der Waals surface area contributed by atoms with Crippen LogP contribution in [0, 0.1) is 11.6 Å². The van der Waals surface area contributed by atoms with Crippen LogP contribution in [-0.4, -0.2) is 14.2 Å². The van der Waals surface area contributed by atoms with E-state index in [-0.39, 0.29) is 0 Å². The van der Waals surface area contributed by atoms with Gasteiger partial charge in [-0.3, -0.25) is 0 Å². The zero-order valence-corrected chi connectivity index (χ0v) is 9.48. The first kappa shape index (κ1) is 11.3. The Bertz CT molecular complexity index is 326. The summed E-state index contributed by atoms with van der Waals surface area (Å²) in [5.41, 5.74) is 6.45. The Kier molecular flexibility index (Phi) is 3.39. The summed E-state index contributed by atoms with van der Waals surface area (Å²) < 4.78 is 25.5. The van der Waals surface area contributed by atoms with Gasteiger partial charge in [-0.15, -0.1) is 0 Å². The number of rotatable bonds is 3. The largest absolute Gasteiger partial charge is 0.333 e. The van der Waals surface area contributed by atoms with Crippen molar-refractivity contribution >= 4 is 8.07 Å². The van der Waals surface area contributed by atoms with Gasteiger partial charge in [0.1, 0.15) is 0 Å². The van der Waals surface area contributed by atoms with Crippen LogP contribution >= 0.6 is 0 Å². The molecule has 1 rings (SSSR count). The van der Waals surface area contributed by atoms with E-state index in [1.54, 1.807) is 6.07 Å². The topological polar surface area (TPSA) is 26.0 Å². The van der Waals surface area contributed by atoms with Crippen molar-refractivity contribution in [1.29, 1.82) is 0 Å². The molecule has 0 aliphatic rings. The molecule has 1 aromatic rings. The van der Waals surface area contributed by atoms with Gasteiger partial charge in [0, 0.05) is 0 Å². The Balaban J connectivity index is 2.83. The third kappa shape index (κ3) is 2.89. The Morgan fingerprint density at radius 1 is 1.21 bits per heavy atom. The van der Waals surface area contributed by atoms with Crippen LogP contribution in [-0.2, 0) is 6.04 Å². The Labute approximate surface area is 83.9 Å². The first-order chi connectivity index (χ1) is 6.44. The molecule has 2 N–H and O–H groups in total. The van der Waals surface area contributed by atoms with Gasteiger partial charge in [-0.05, 0) is 29.9 Å². The van der Waals surface area contributed by atoms with Crippen molar-refractivity contribution in [3.63, 3.8) is 0 Å². The van der Waals surface area contributed by atoms with E-state index in [0.29, 0.717) is 6.17 Å². The first-order valence-electron chi connectivity index (χ1n) is 4.58. The standard InChI is InChI=1S/C10H15F2NSi/c1-14(2,7-13)6-8-3-4-9(11)10(12)5-8/h3-5H,6-7,13H2,1-2H3. The van der Waals surface area contributed by atoms with E-state index in [1.165, 1.54) is 12.1 Å². The molecule has 0 aromatic heterocycles. The van der Waals surface area contributed by atoms with E-state index in [0.717, 1.165) is 11.6 Å². The van der Waals surface area contributed by atoms with E-state index in [1.807, 2.05) is 0 Å². The summed E-state index contributed by atoms with van der Waals surface area (Å²) in [7, 11) is -1.47. The molecule has 0 unspecified atom stereocenters. The van der Waals surface area contributed by atoms with Crippen LogP contribution in [0.2, 0.25) is 13.1 Å². The highest BCUT2D eigenvalue weighted by atomic mass is 28.3. The zero-order valence-electron chi connectivity index (χ0n) is 8.48. The van der Waals surface area contributed by atoms with Crippen LogP contribution in [0.15, 0.2) is 18.2 Å². The molecule has 0 saturated carbocycles. The second-order valence-corrected chi connectivity index (χ2v) is 9.38. The lowest BCUT2D eigenvalue weighted by molar-refractivity contribution is 0.507. The molecule has 1 aromatic carbocycles. The van der Waals surface area contributed by atoms with Gasteiger partial charge in [0.2, 0.25) is 0 Å². The second kappa shape index (κ2) is 4.19. The predicted octanol–water partition coefficient (Wildman–Crippen LogP) is 2.25. The monoisotopic (exact) mass is 215 g/mol. The molecule has 78 valence electrons. The Morgan fingerprint density at radius 3 is 2.36 bits per heavy atom. The number of halogens is 2. The first-order valence-corrected chi connectivity index (χ1v) is 8.00. The molecule has 0 aliphatic carbocycles. The minimum absolute atomic E-state index is 0.659. The van der Waals surface area contributed by atoms with Gasteiger partial charge in [0.25, 0.3) is 0 Å². The van der Waals surface area contributed by atoms with Crippen LogP contribution in [0.3, 0.4) is 0 Å². The molecule has 1 nitrogen and oxygen atoms in total. The summed E-state index contributed by atoms with van der Waals surface area (Å²) in [4.78, 5) is 0. The van der Waals surface area contributed by atoms with E-state index < -0.39 is 19.7 Å².